The van der Waals surface area contributed by atoms with Gasteiger partial charge in [-0.05, 0) is 42.8 Å². The van der Waals surface area contributed by atoms with Crippen molar-refractivity contribution in [1.82, 2.24) is 5.32 Å². The van der Waals surface area contributed by atoms with E-state index in [1.165, 1.54) is 25.3 Å². The molecular weight excluding hydrogens is 313 g/mol. The molecule has 2 aromatic rings. The van der Waals surface area contributed by atoms with Crippen molar-refractivity contribution >= 4 is 12.2 Å². The normalized spacial score (nSPS) is 11.5. The maximum absolute atomic E-state index is 12.9. The summed E-state index contributed by atoms with van der Waals surface area (Å²) in [4.78, 5) is 22.7. The van der Waals surface area contributed by atoms with Gasteiger partial charge in [-0.3, -0.25) is 9.59 Å². The van der Waals surface area contributed by atoms with E-state index in [-0.39, 0.29) is 24.4 Å². The Bertz CT molecular complexity index is 715. The lowest BCUT2D eigenvalue weighted by molar-refractivity contribution is -0.123. The summed E-state index contributed by atoms with van der Waals surface area (Å²) < 4.78 is 23.5. The van der Waals surface area contributed by atoms with E-state index >= 15 is 0 Å². The summed E-state index contributed by atoms with van der Waals surface area (Å²) in [5.74, 6) is 0.0893. The Labute approximate surface area is 139 Å². The van der Waals surface area contributed by atoms with Gasteiger partial charge in [-0.2, -0.15) is 0 Å². The van der Waals surface area contributed by atoms with Crippen molar-refractivity contribution in [2.24, 2.45) is 0 Å². The van der Waals surface area contributed by atoms with Gasteiger partial charge in [0.2, 0.25) is 0 Å². The average molecular weight is 331 g/mol. The highest BCUT2D eigenvalue weighted by Gasteiger charge is 2.12. The van der Waals surface area contributed by atoms with Crippen LogP contribution in [-0.4, -0.2) is 25.9 Å². The second-order valence-corrected chi connectivity index (χ2v) is 5.16. The molecule has 0 aliphatic rings. The minimum atomic E-state index is -0.327. The third kappa shape index (κ3) is 4.55. The molecule has 24 heavy (non-hydrogen) atoms. The largest absolute Gasteiger partial charge is 0.493 e. The molecule has 0 radical (unpaired) electrons. The number of halogens is 1. The van der Waals surface area contributed by atoms with Crippen LogP contribution >= 0.6 is 0 Å². The van der Waals surface area contributed by atoms with E-state index in [0.29, 0.717) is 23.3 Å². The van der Waals surface area contributed by atoms with E-state index in [0.717, 1.165) is 5.56 Å². The fourth-order valence-electron chi connectivity index (χ4n) is 2.14. The molecule has 1 unspecified atom stereocenters. The summed E-state index contributed by atoms with van der Waals surface area (Å²) in [6.45, 7) is 1.59. The molecule has 0 saturated carbocycles. The molecule has 0 heterocycles. The number of nitrogens with one attached hydrogen (secondary N) is 1. The lowest BCUT2D eigenvalue weighted by Crippen LogP contribution is -2.31. The van der Waals surface area contributed by atoms with Crippen molar-refractivity contribution in [3.63, 3.8) is 0 Å². The average Bonchev–Trinajstić information content (AvgIpc) is 2.60. The van der Waals surface area contributed by atoms with Crippen LogP contribution in [0.1, 0.15) is 28.9 Å². The van der Waals surface area contributed by atoms with Gasteiger partial charge in [0.15, 0.2) is 18.1 Å². The van der Waals surface area contributed by atoms with Gasteiger partial charge in [0.05, 0.1) is 13.2 Å². The molecule has 0 bridgehead atoms. The highest BCUT2D eigenvalue weighted by molar-refractivity contribution is 5.78. The SMILES string of the molecule is COc1cc(C=O)ccc1OCC(=O)NC(C)c1ccc(F)cc1. The number of ether oxygens (including phenoxy) is 2. The Morgan fingerprint density at radius 1 is 1.21 bits per heavy atom. The lowest BCUT2D eigenvalue weighted by Gasteiger charge is -2.15. The van der Waals surface area contributed by atoms with Crippen LogP contribution in [0.2, 0.25) is 0 Å². The number of aldehydes is 1. The maximum Gasteiger partial charge on any atom is 0.258 e. The van der Waals surface area contributed by atoms with Gasteiger partial charge < -0.3 is 14.8 Å². The summed E-state index contributed by atoms with van der Waals surface area (Å²) in [6, 6.07) is 10.3. The van der Waals surface area contributed by atoms with Crippen molar-refractivity contribution in [2.45, 2.75) is 13.0 Å². The first-order valence-electron chi connectivity index (χ1n) is 7.34. The standard InChI is InChI=1S/C18H18FNO4/c1-12(14-4-6-15(19)7-5-14)20-18(22)11-24-16-8-3-13(10-21)9-17(16)23-2/h3-10,12H,11H2,1-2H3,(H,20,22). The summed E-state index contributed by atoms with van der Waals surface area (Å²) in [7, 11) is 1.45. The van der Waals surface area contributed by atoms with Crippen LogP contribution in [0.3, 0.4) is 0 Å². The zero-order valence-corrected chi connectivity index (χ0v) is 13.4. The molecule has 0 saturated heterocycles. The van der Waals surface area contributed by atoms with Gasteiger partial charge in [-0.15, -0.1) is 0 Å². The van der Waals surface area contributed by atoms with Crippen LogP contribution in [0.5, 0.6) is 11.5 Å². The summed E-state index contributed by atoms with van der Waals surface area (Å²) >= 11 is 0. The van der Waals surface area contributed by atoms with E-state index in [4.69, 9.17) is 9.47 Å². The minimum absolute atomic E-state index is 0.206. The van der Waals surface area contributed by atoms with E-state index in [1.807, 2.05) is 0 Å². The van der Waals surface area contributed by atoms with E-state index in [1.54, 1.807) is 31.2 Å². The molecular formula is C18H18FNO4. The van der Waals surface area contributed by atoms with Crippen molar-refractivity contribution in [2.75, 3.05) is 13.7 Å². The molecule has 1 N–H and O–H groups in total. The van der Waals surface area contributed by atoms with Gasteiger partial charge in [0.1, 0.15) is 12.1 Å². The smallest absolute Gasteiger partial charge is 0.258 e. The Balaban J connectivity index is 1.93. The molecule has 1 atom stereocenters. The maximum atomic E-state index is 12.9. The van der Waals surface area contributed by atoms with Crippen molar-refractivity contribution in [3.8, 4) is 11.5 Å². The minimum Gasteiger partial charge on any atom is -0.493 e. The monoisotopic (exact) mass is 331 g/mol. The Morgan fingerprint density at radius 2 is 1.92 bits per heavy atom. The number of rotatable bonds is 7. The third-order valence-corrected chi connectivity index (χ3v) is 3.43. The molecule has 0 aliphatic carbocycles. The number of benzene rings is 2. The fraction of sp³-hybridized carbons (Fsp3) is 0.222. The van der Waals surface area contributed by atoms with Crippen molar-refractivity contribution in [3.05, 3.63) is 59.4 Å². The van der Waals surface area contributed by atoms with E-state index < -0.39 is 0 Å². The molecule has 0 spiro atoms. The Kier molecular flexibility index (Phi) is 5.89. The van der Waals surface area contributed by atoms with E-state index in [2.05, 4.69) is 5.32 Å². The number of hydrogen-bond donors (Lipinski definition) is 1. The second-order valence-electron chi connectivity index (χ2n) is 5.16. The van der Waals surface area contributed by atoms with Crippen LogP contribution in [0.25, 0.3) is 0 Å². The van der Waals surface area contributed by atoms with E-state index in [9.17, 15) is 14.0 Å². The predicted molar refractivity (Wildman–Crippen MR) is 86.8 cm³/mol. The van der Waals surface area contributed by atoms with Gasteiger partial charge in [-0.25, -0.2) is 4.39 Å². The topological polar surface area (TPSA) is 64.6 Å². The van der Waals surface area contributed by atoms with Gasteiger partial charge >= 0.3 is 0 Å². The first-order chi connectivity index (χ1) is 11.5. The van der Waals surface area contributed by atoms with Gasteiger partial charge in [0.25, 0.3) is 5.91 Å². The fourth-order valence-corrected chi connectivity index (χ4v) is 2.14. The molecule has 0 fully saturated rings. The quantitative estimate of drug-likeness (QED) is 0.792. The number of methoxy groups -OCH3 is 1. The van der Waals surface area contributed by atoms with Gasteiger partial charge in [-0.1, -0.05) is 12.1 Å². The zero-order valence-electron chi connectivity index (χ0n) is 13.4. The van der Waals surface area contributed by atoms with Crippen LogP contribution in [-0.2, 0) is 4.79 Å². The van der Waals surface area contributed by atoms with Crippen LogP contribution in [0.15, 0.2) is 42.5 Å². The molecule has 1 amide bonds. The Hall–Kier alpha value is -2.89. The van der Waals surface area contributed by atoms with Crippen molar-refractivity contribution < 1.29 is 23.5 Å². The second kappa shape index (κ2) is 8.10. The highest BCUT2D eigenvalue weighted by Crippen LogP contribution is 2.27. The third-order valence-electron chi connectivity index (χ3n) is 3.43. The molecule has 0 aliphatic heterocycles. The number of carbonyl (C=O) groups excluding carboxylic acids is 2. The predicted octanol–water partition coefficient (Wildman–Crippen LogP) is 2.90. The van der Waals surface area contributed by atoms with Crippen molar-refractivity contribution in [1.29, 1.82) is 0 Å². The van der Waals surface area contributed by atoms with Crippen LogP contribution in [0, 0.1) is 5.82 Å². The van der Waals surface area contributed by atoms with Crippen LogP contribution in [0.4, 0.5) is 4.39 Å². The molecule has 2 rings (SSSR count). The zero-order chi connectivity index (χ0) is 17.5. The molecule has 2 aromatic carbocycles. The summed E-state index contributed by atoms with van der Waals surface area (Å²) in [6.07, 6.45) is 0.698. The molecule has 6 heteroatoms. The van der Waals surface area contributed by atoms with Gasteiger partial charge in [0, 0.05) is 5.56 Å². The summed E-state index contributed by atoms with van der Waals surface area (Å²) in [5, 5.41) is 2.76. The summed E-state index contributed by atoms with van der Waals surface area (Å²) in [5.41, 5.74) is 1.24. The number of amides is 1. The number of hydrogen-bond acceptors (Lipinski definition) is 4. The lowest BCUT2D eigenvalue weighted by atomic mass is 10.1. The first-order valence-corrected chi connectivity index (χ1v) is 7.34. The highest BCUT2D eigenvalue weighted by atomic mass is 19.1. The molecule has 0 aromatic heterocycles. The van der Waals surface area contributed by atoms with Crippen LogP contribution < -0.4 is 14.8 Å². The molecule has 126 valence electrons. The number of carbonyl (C=O) groups is 2. The first kappa shape index (κ1) is 17.5. The molecule has 5 nitrogen and oxygen atoms in total. The Morgan fingerprint density at radius 3 is 2.54 bits per heavy atom.